The van der Waals surface area contributed by atoms with Crippen LogP contribution in [-0.4, -0.2) is 61.1 Å². The van der Waals surface area contributed by atoms with Gasteiger partial charge in [0, 0.05) is 28.7 Å². The average molecular weight is 578 g/mol. The maximum absolute atomic E-state index is 13.6. The molecule has 1 aliphatic rings. The maximum Gasteiger partial charge on any atom is 0.341 e. The molecule has 8 nitrogen and oxygen atoms in total. The number of aromatic nitrogens is 2. The molecule has 0 unspecified atom stereocenters. The number of hydrogen-bond donors (Lipinski definition) is 0. The monoisotopic (exact) mass is 577 g/mol. The minimum atomic E-state index is -0.606. The van der Waals surface area contributed by atoms with E-state index in [2.05, 4.69) is 20.8 Å². The number of ether oxygens (including phenoxy) is 3. The molecule has 0 radical (unpaired) electrons. The van der Waals surface area contributed by atoms with E-state index in [1.807, 2.05) is 60.7 Å². The fraction of sp³-hybridized carbons (Fsp3) is 0.276. The van der Waals surface area contributed by atoms with Crippen LogP contribution >= 0.6 is 15.9 Å². The molecule has 0 bridgehead atoms. The highest BCUT2D eigenvalue weighted by molar-refractivity contribution is 9.10. The summed E-state index contributed by atoms with van der Waals surface area (Å²) in [6.45, 7) is 6.33. The van der Waals surface area contributed by atoms with Gasteiger partial charge in [-0.05, 0) is 37.6 Å². The molecule has 0 saturated carbocycles. The fourth-order valence-corrected chi connectivity index (χ4v) is 4.97. The van der Waals surface area contributed by atoms with Gasteiger partial charge >= 0.3 is 11.9 Å². The molecule has 0 spiro atoms. The van der Waals surface area contributed by atoms with Crippen LogP contribution in [0.3, 0.4) is 0 Å². The highest BCUT2D eigenvalue weighted by atomic mass is 79.9. The Bertz CT molecular complexity index is 1460. The number of hydrogen-bond acceptors (Lipinski definition) is 7. The van der Waals surface area contributed by atoms with Crippen molar-refractivity contribution in [2.75, 3.05) is 44.4 Å². The summed E-state index contributed by atoms with van der Waals surface area (Å²) in [5, 5.41) is 5.01. The third-order valence-electron chi connectivity index (χ3n) is 6.37. The summed E-state index contributed by atoms with van der Waals surface area (Å²) in [5.74, 6) is -0.487. The molecular weight excluding hydrogens is 550 g/mol. The molecular formula is C29H28BrN3O5. The van der Waals surface area contributed by atoms with Gasteiger partial charge in [0.05, 0.1) is 37.6 Å². The number of anilines is 1. The van der Waals surface area contributed by atoms with Gasteiger partial charge in [-0.1, -0.05) is 58.4 Å². The second-order valence-electron chi connectivity index (χ2n) is 8.69. The van der Waals surface area contributed by atoms with Crippen LogP contribution in [0.15, 0.2) is 65.1 Å². The Kier molecular flexibility index (Phi) is 7.76. The largest absolute Gasteiger partial charge is 0.462 e. The van der Waals surface area contributed by atoms with Crippen molar-refractivity contribution in [2.24, 2.45) is 0 Å². The zero-order valence-electron chi connectivity index (χ0n) is 21.3. The molecule has 2 aromatic heterocycles. The van der Waals surface area contributed by atoms with Gasteiger partial charge in [0.2, 0.25) is 0 Å². The SMILES string of the molecule is CCOC(=O)c1c(C(=O)OCC)c2c(-c3ccccc3)cc(N3CCOCC3)nn2c1-c1ccc(Br)cc1. The average Bonchev–Trinajstić information content (AvgIpc) is 3.30. The highest BCUT2D eigenvalue weighted by Crippen LogP contribution is 2.39. The molecule has 2 aromatic carbocycles. The quantitative estimate of drug-likeness (QED) is 0.263. The molecule has 0 N–H and O–H groups in total. The molecule has 1 saturated heterocycles. The van der Waals surface area contributed by atoms with E-state index in [1.54, 1.807) is 18.4 Å². The third-order valence-corrected chi connectivity index (χ3v) is 6.90. The molecule has 196 valence electrons. The number of esters is 2. The number of carbonyl (C=O) groups excluding carboxylic acids is 2. The molecule has 0 amide bonds. The predicted molar refractivity (Wildman–Crippen MR) is 149 cm³/mol. The van der Waals surface area contributed by atoms with E-state index in [0.29, 0.717) is 43.1 Å². The van der Waals surface area contributed by atoms with Crippen molar-refractivity contribution in [2.45, 2.75) is 13.8 Å². The van der Waals surface area contributed by atoms with Crippen LogP contribution in [0.5, 0.6) is 0 Å². The van der Waals surface area contributed by atoms with Gasteiger partial charge < -0.3 is 19.1 Å². The lowest BCUT2D eigenvalue weighted by Crippen LogP contribution is -2.37. The summed E-state index contributed by atoms with van der Waals surface area (Å²) in [6.07, 6.45) is 0. The van der Waals surface area contributed by atoms with Gasteiger partial charge in [-0.3, -0.25) is 0 Å². The van der Waals surface area contributed by atoms with Crippen LogP contribution in [-0.2, 0) is 14.2 Å². The molecule has 38 heavy (non-hydrogen) atoms. The predicted octanol–water partition coefficient (Wildman–Crippen LogP) is 5.62. The van der Waals surface area contributed by atoms with Crippen molar-refractivity contribution in [3.8, 4) is 22.4 Å². The van der Waals surface area contributed by atoms with Crippen LogP contribution in [0.1, 0.15) is 34.6 Å². The standard InChI is InChI=1S/C29H28BrN3O5/c1-3-37-28(34)24-25(29(35)38-4-2)27-22(19-8-6-5-7-9-19)18-23(32-14-16-36-17-15-32)31-33(27)26(24)20-10-12-21(30)13-11-20/h5-13,18H,3-4,14-17H2,1-2H3. The Morgan fingerprint density at radius 1 is 0.895 bits per heavy atom. The molecule has 0 aliphatic carbocycles. The first kappa shape index (κ1) is 25.9. The van der Waals surface area contributed by atoms with Gasteiger partial charge in [0.15, 0.2) is 0 Å². The lowest BCUT2D eigenvalue weighted by Gasteiger charge is -2.28. The number of carbonyl (C=O) groups is 2. The molecule has 4 aromatic rings. The highest BCUT2D eigenvalue weighted by Gasteiger charge is 2.34. The number of benzene rings is 2. The zero-order valence-corrected chi connectivity index (χ0v) is 22.9. The summed E-state index contributed by atoms with van der Waals surface area (Å²) in [6, 6.07) is 19.3. The molecule has 5 rings (SSSR count). The number of nitrogens with zero attached hydrogens (tertiary/aromatic N) is 3. The van der Waals surface area contributed by atoms with Gasteiger partial charge in [-0.25, -0.2) is 14.1 Å². The van der Waals surface area contributed by atoms with Crippen molar-refractivity contribution < 1.29 is 23.8 Å². The van der Waals surface area contributed by atoms with Crippen molar-refractivity contribution in [3.05, 3.63) is 76.3 Å². The Morgan fingerprint density at radius 3 is 2.16 bits per heavy atom. The van der Waals surface area contributed by atoms with Gasteiger partial charge in [-0.2, -0.15) is 0 Å². The summed E-state index contributed by atoms with van der Waals surface area (Å²) < 4.78 is 19.1. The van der Waals surface area contributed by atoms with E-state index >= 15 is 0 Å². The van der Waals surface area contributed by atoms with Crippen LogP contribution in [0.4, 0.5) is 5.82 Å². The van der Waals surface area contributed by atoms with E-state index in [1.165, 1.54) is 0 Å². The Hall–Kier alpha value is -3.69. The lowest BCUT2D eigenvalue weighted by molar-refractivity contribution is 0.0482. The van der Waals surface area contributed by atoms with Crippen LogP contribution in [0.25, 0.3) is 27.9 Å². The first-order valence-corrected chi connectivity index (χ1v) is 13.4. The minimum absolute atomic E-state index is 0.136. The lowest BCUT2D eigenvalue weighted by atomic mass is 10.0. The van der Waals surface area contributed by atoms with Gasteiger partial charge in [-0.15, -0.1) is 5.10 Å². The van der Waals surface area contributed by atoms with E-state index in [-0.39, 0.29) is 24.3 Å². The Morgan fingerprint density at radius 2 is 1.53 bits per heavy atom. The first-order valence-electron chi connectivity index (χ1n) is 12.6. The van der Waals surface area contributed by atoms with Gasteiger partial charge in [0.25, 0.3) is 0 Å². The van der Waals surface area contributed by atoms with E-state index in [9.17, 15) is 9.59 Å². The Labute approximate surface area is 229 Å². The van der Waals surface area contributed by atoms with Crippen molar-refractivity contribution in [1.29, 1.82) is 0 Å². The van der Waals surface area contributed by atoms with E-state index < -0.39 is 11.9 Å². The van der Waals surface area contributed by atoms with E-state index in [0.717, 1.165) is 21.4 Å². The fourth-order valence-electron chi connectivity index (χ4n) is 4.70. The van der Waals surface area contributed by atoms with Crippen molar-refractivity contribution in [3.63, 3.8) is 0 Å². The zero-order chi connectivity index (χ0) is 26.6. The summed E-state index contributed by atoms with van der Waals surface area (Å²) in [7, 11) is 0. The molecule has 1 fully saturated rings. The normalized spacial score (nSPS) is 13.5. The van der Waals surface area contributed by atoms with Crippen molar-refractivity contribution in [1.82, 2.24) is 9.61 Å². The number of rotatable bonds is 7. The van der Waals surface area contributed by atoms with Crippen LogP contribution in [0.2, 0.25) is 0 Å². The smallest absolute Gasteiger partial charge is 0.341 e. The van der Waals surface area contributed by atoms with Crippen molar-refractivity contribution >= 4 is 39.2 Å². The Balaban J connectivity index is 1.93. The summed E-state index contributed by atoms with van der Waals surface area (Å²) >= 11 is 3.49. The maximum atomic E-state index is 13.6. The second-order valence-corrected chi connectivity index (χ2v) is 9.60. The summed E-state index contributed by atoms with van der Waals surface area (Å²) in [5.41, 5.74) is 3.61. The summed E-state index contributed by atoms with van der Waals surface area (Å²) in [4.78, 5) is 29.2. The topological polar surface area (TPSA) is 82.4 Å². The molecule has 0 atom stereocenters. The minimum Gasteiger partial charge on any atom is -0.462 e. The van der Waals surface area contributed by atoms with Gasteiger partial charge in [0.1, 0.15) is 16.9 Å². The number of fused-ring (bicyclic) bond motifs is 1. The molecule has 3 heterocycles. The molecule has 9 heteroatoms. The first-order chi connectivity index (χ1) is 18.5. The third kappa shape index (κ3) is 4.91. The van der Waals surface area contributed by atoms with E-state index in [4.69, 9.17) is 19.3 Å². The number of halogens is 1. The van der Waals surface area contributed by atoms with Crippen LogP contribution in [0, 0.1) is 0 Å². The second kappa shape index (κ2) is 11.4. The number of morpholine rings is 1. The molecule has 1 aliphatic heterocycles. The van der Waals surface area contributed by atoms with Crippen LogP contribution < -0.4 is 4.90 Å².